The van der Waals surface area contributed by atoms with Crippen LogP contribution in [0.5, 0.6) is 0 Å². The zero-order valence-corrected chi connectivity index (χ0v) is 11.1. The van der Waals surface area contributed by atoms with Crippen LogP contribution in [0.3, 0.4) is 0 Å². The monoisotopic (exact) mass is 246 g/mol. The van der Waals surface area contributed by atoms with E-state index >= 15 is 0 Å². The quantitative estimate of drug-likeness (QED) is 0.796. The van der Waals surface area contributed by atoms with Crippen LogP contribution in [-0.2, 0) is 18.3 Å². The van der Waals surface area contributed by atoms with Crippen LogP contribution < -0.4 is 5.32 Å². The fraction of sp³-hybridized carbons (Fsp3) is 0.533. The van der Waals surface area contributed by atoms with Crippen LogP contribution in [0.1, 0.15) is 37.7 Å². The number of nitrogens with one attached hydrogen (secondary N) is 1. The van der Waals surface area contributed by atoms with E-state index in [1.807, 2.05) is 30.1 Å². The summed E-state index contributed by atoms with van der Waals surface area (Å²) in [6.45, 7) is 0.775. The average Bonchev–Trinajstić information content (AvgIpc) is 2.76. The number of rotatable bonds is 5. The molecule has 18 heavy (non-hydrogen) atoms. The number of hydrogen-bond donors (Lipinski definition) is 1. The summed E-state index contributed by atoms with van der Waals surface area (Å²) in [5, 5.41) is 3.00. The van der Waals surface area contributed by atoms with Gasteiger partial charge >= 0.3 is 0 Å². The minimum atomic E-state index is 0.123. The summed E-state index contributed by atoms with van der Waals surface area (Å²) in [6, 6.07) is 1.99. The maximum absolute atomic E-state index is 11.7. The van der Waals surface area contributed by atoms with Crippen molar-refractivity contribution in [1.29, 1.82) is 0 Å². The Kier molecular flexibility index (Phi) is 4.62. The molecule has 98 valence electrons. The highest BCUT2D eigenvalue weighted by Crippen LogP contribution is 2.19. The van der Waals surface area contributed by atoms with E-state index in [4.69, 9.17) is 0 Å². The highest BCUT2D eigenvalue weighted by Gasteiger charge is 2.06. The van der Waals surface area contributed by atoms with Crippen molar-refractivity contribution in [3.63, 3.8) is 0 Å². The van der Waals surface area contributed by atoms with Crippen molar-refractivity contribution in [2.75, 3.05) is 6.54 Å². The van der Waals surface area contributed by atoms with Gasteiger partial charge in [0, 0.05) is 26.0 Å². The number of allylic oxidation sites excluding steroid dienone is 1. The Morgan fingerprint density at radius 2 is 2.33 bits per heavy atom. The molecule has 0 bridgehead atoms. The fourth-order valence-corrected chi connectivity index (χ4v) is 2.41. The molecule has 0 atom stereocenters. The molecule has 2 rings (SSSR count). The van der Waals surface area contributed by atoms with E-state index in [9.17, 15) is 4.79 Å². The first-order valence-electron chi connectivity index (χ1n) is 6.79. The van der Waals surface area contributed by atoms with Gasteiger partial charge in [0.1, 0.15) is 0 Å². The van der Waals surface area contributed by atoms with E-state index in [1.165, 1.54) is 31.3 Å². The largest absolute Gasteiger partial charge is 0.357 e. The van der Waals surface area contributed by atoms with E-state index < -0.39 is 0 Å². The predicted octanol–water partition coefficient (Wildman–Crippen LogP) is 2.57. The Hall–Kier alpha value is -1.51. The smallest absolute Gasteiger partial charge is 0.224 e. The van der Waals surface area contributed by atoms with Gasteiger partial charge in [-0.2, -0.15) is 0 Å². The third-order valence-electron chi connectivity index (χ3n) is 3.41. The van der Waals surface area contributed by atoms with Crippen molar-refractivity contribution < 1.29 is 4.79 Å². The van der Waals surface area contributed by atoms with Gasteiger partial charge in [-0.25, -0.2) is 0 Å². The van der Waals surface area contributed by atoms with Gasteiger partial charge in [0.2, 0.25) is 5.91 Å². The molecule has 1 aliphatic carbocycles. The first-order chi connectivity index (χ1) is 8.74. The third-order valence-corrected chi connectivity index (χ3v) is 3.41. The molecule has 3 nitrogen and oxygen atoms in total. The Morgan fingerprint density at radius 3 is 3.00 bits per heavy atom. The fourth-order valence-electron chi connectivity index (χ4n) is 2.41. The summed E-state index contributed by atoms with van der Waals surface area (Å²) in [6.07, 6.45) is 12.9. The number of amides is 1. The lowest BCUT2D eigenvalue weighted by Crippen LogP contribution is -2.26. The lowest BCUT2D eigenvalue weighted by Gasteiger charge is -2.12. The number of carbonyl (C=O) groups is 1. The SMILES string of the molecule is Cn1ccc(CC(=O)NCCC2=CCCCC2)c1. The number of aromatic nitrogens is 1. The second kappa shape index (κ2) is 6.43. The topological polar surface area (TPSA) is 34.0 Å². The molecule has 0 spiro atoms. The molecule has 1 aliphatic rings. The van der Waals surface area contributed by atoms with E-state index in [2.05, 4.69) is 11.4 Å². The van der Waals surface area contributed by atoms with Crippen LogP contribution in [0, 0.1) is 0 Å². The molecule has 0 saturated carbocycles. The molecule has 1 heterocycles. The second-order valence-electron chi connectivity index (χ2n) is 5.07. The van der Waals surface area contributed by atoms with Gasteiger partial charge < -0.3 is 9.88 Å². The summed E-state index contributed by atoms with van der Waals surface area (Å²) in [5.74, 6) is 0.123. The Bertz CT molecular complexity index is 431. The van der Waals surface area contributed by atoms with Gasteiger partial charge in [-0.3, -0.25) is 4.79 Å². The second-order valence-corrected chi connectivity index (χ2v) is 5.07. The standard InChI is InChI=1S/C15H22N2O/c1-17-10-8-14(12-17)11-15(18)16-9-7-13-5-3-2-4-6-13/h5,8,10,12H,2-4,6-7,9,11H2,1H3,(H,16,18). The van der Waals surface area contributed by atoms with Crippen molar-refractivity contribution in [3.8, 4) is 0 Å². The Balaban J connectivity index is 1.67. The van der Waals surface area contributed by atoms with Crippen LogP contribution in [0.25, 0.3) is 0 Å². The van der Waals surface area contributed by atoms with Gasteiger partial charge in [0.05, 0.1) is 6.42 Å². The zero-order chi connectivity index (χ0) is 12.8. The minimum absolute atomic E-state index is 0.123. The zero-order valence-electron chi connectivity index (χ0n) is 11.1. The molecule has 3 heteroatoms. The highest BCUT2D eigenvalue weighted by atomic mass is 16.1. The normalized spacial score (nSPS) is 15.3. The van der Waals surface area contributed by atoms with Gasteiger partial charge in [0.25, 0.3) is 0 Å². The van der Waals surface area contributed by atoms with E-state index in [-0.39, 0.29) is 5.91 Å². The lowest BCUT2D eigenvalue weighted by molar-refractivity contribution is -0.120. The van der Waals surface area contributed by atoms with Crippen LogP contribution in [0.4, 0.5) is 0 Å². The predicted molar refractivity (Wildman–Crippen MR) is 73.3 cm³/mol. The van der Waals surface area contributed by atoms with Crippen molar-refractivity contribution in [1.82, 2.24) is 9.88 Å². The van der Waals surface area contributed by atoms with E-state index in [0.29, 0.717) is 6.42 Å². The van der Waals surface area contributed by atoms with Gasteiger partial charge in [-0.1, -0.05) is 11.6 Å². The van der Waals surface area contributed by atoms with Crippen LogP contribution in [-0.4, -0.2) is 17.0 Å². The summed E-state index contributed by atoms with van der Waals surface area (Å²) >= 11 is 0. The molecule has 0 aliphatic heterocycles. The van der Waals surface area contributed by atoms with Gasteiger partial charge in [-0.15, -0.1) is 0 Å². The first-order valence-corrected chi connectivity index (χ1v) is 6.79. The molecular formula is C15H22N2O. The number of nitrogens with zero attached hydrogens (tertiary/aromatic N) is 1. The summed E-state index contributed by atoms with van der Waals surface area (Å²) in [5.41, 5.74) is 2.59. The van der Waals surface area contributed by atoms with Crippen LogP contribution >= 0.6 is 0 Å². The number of aryl methyl sites for hydroxylation is 1. The third kappa shape index (κ3) is 4.06. The summed E-state index contributed by atoms with van der Waals surface area (Å²) in [4.78, 5) is 11.7. The molecule has 0 saturated heterocycles. The molecule has 0 unspecified atom stereocenters. The van der Waals surface area contributed by atoms with Crippen molar-refractivity contribution in [3.05, 3.63) is 35.7 Å². The van der Waals surface area contributed by atoms with Gasteiger partial charge in [0.15, 0.2) is 0 Å². The van der Waals surface area contributed by atoms with E-state index in [1.54, 1.807) is 0 Å². The van der Waals surface area contributed by atoms with Crippen LogP contribution in [0.2, 0.25) is 0 Å². The first kappa shape index (κ1) is 12.9. The molecule has 1 aromatic rings. The number of carbonyl (C=O) groups excluding carboxylic acids is 1. The molecule has 1 amide bonds. The molecule has 1 aromatic heterocycles. The molecule has 0 radical (unpaired) electrons. The van der Waals surface area contributed by atoms with E-state index in [0.717, 1.165) is 18.5 Å². The Labute approximate surface area is 109 Å². The van der Waals surface area contributed by atoms with Crippen molar-refractivity contribution in [2.45, 2.75) is 38.5 Å². The van der Waals surface area contributed by atoms with Crippen molar-refractivity contribution in [2.24, 2.45) is 7.05 Å². The highest BCUT2D eigenvalue weighted by molar-refractivity contribution is 5.78. The maximum Gasteiger partial charge on any atom is 0.224 e. The Morgan fingerprint density at radius 1 is 1.44 bits per heavy atom. The molecular weight excluding hydrogens is 224 g/mol. The van der Waals surface area contributed by atoms with Crippen LogP contribution in [0.15, 0.2) is 30.1 Å². The maximum atomic E-state index is 11.7. The average molecular weight is 246 g/mol. The number of hydrogen-bond acceptors (Lipinski definition) is 1. The summed E-state index contributed by atoms with van der Waals surface area (Å²) in [7, 11) is 1.97. The molecule has 0 fully saturated rings. The minimum Gasteiger partial charge on any atom is -0.357 e. The van der Waals surface area contributed by atoms with Gasteiger partial charge in [-0.05, 0) is 43.7 Å². The summed E-state index contributed by atoms with van der Waals surface area (Å²) < 4.78 is 1.97. The van der Waals surface area contributed by atoms with Crippen molar-refractivity contribution >= 4 is 5.91 Å². The molecule has 1 N–H and O–H groups in total. The lowest BCUT2D eigenvalue weighted by atomic mass is 9.97. The molecule has 0 aromatic carbocycles.